The Balaban J connectivity index is 1.29. The molecule has 0 aliphatic heterocycles. The molecule has 0 bridgehead atoms. The zero-order valence-electron chi connectivity index (χ0n) is 26.9. The highest BCUT2D eigenvalue weighted by Crippen LogP contribution is 2.52. The summed E-state index contributed by atoms with van der Waals surface area (Å²) < 4.78 is 5.11. The number of aromatic nitrogens is 2. The summed E-state index contributed by atoms with van der Waals surface area (Å²) >= 11 is 0. The number of nitrogens with zero attached hydrogens (tertiary/aromatic N) is 2. The molecule has 0 N–H and O–H groups in total. The average molecular weight is 631 g/mol. The van der Waals surface area contributed by atoms with Crippen LogP contribution >= 0.6 is 0 Å². The number of hydrogen-bond donors (Lipinski definition) is 0. The van der Waals surface area contributed by atoms with Gasteiger partial charge in [0.15, 0.2) is 0 Å². The largest absolute Gasteiger partial charge is 0.308 e. The van der Waals surface area contributed by atoms with Crippen molar-refractivity contribution in [3.05, 3.63) is 158 Å². The Kier molecular flexibility index (Phi) is 4.41. The zero-order valence-corrected chi connectivity index (χ0v) is 26.9. The minimum absolute atomic E-state index is 1.26. The van der Waals surface area contributed by atoms with E-state index in [9.17, 15) is 0 Å². The lowest BCUT2D eigenvalue weighted by Gasteiger charge is -2.23. The Bertz CT molecular complexity index is 3430. The summed E-state index contributed by atoms with van der Waals surface area (Å²) in [7, 11) is 0. The van der Waals surface area contributed by atoms with E-state index in [1.54, 1.807) is 0 Å². The summed E-state index contributed by atoms with van der Waals surface area (Å²) in [6.07, 6.45) is 0. The molecule has 2 heteroatoms. The maximum Gasteiger partial charge on any atom is 0.0642 e. The second-order valence-corrected chi connectivity index (χ2v) is 14.0. The van der Waals surface area contributed by atoms with Gasteiger partial charge < -0.3 is 8.80 Å². The number of para-hydroxylation sites is 3. The molecule has 1 aliphatic carbocycles. The minimum Gasteiger partial charge on any atom is -0.308 e. The summed E-state index contributed by atoms with van der Waals surface area (Å²) in [6.45, 7) is 0. The molecule has 50 heavy (non-hydrogen) atoms. The first-order chi connectivity index (χ1) is 24.8. The van der Waals surface area contributed by atoms with Gasteiger partial charge in [0.25, 0.3) is 0 Å². The third-order valence-electron chi connectivity index (χ3n) is 11.7. The van der Waals surface area contributed by atoms with Crippen molar-refractivity contribution in [1.29, 1.82) is 0 Å². The fourth-order valence-corrected chi connectivity index (χ4v) is 9.80. The van der Waals surface area contributed by atoms with Crippen LogP contribution in [0.3, 0.4) is 0 Å². The van der Waals surface area contributed by atoms with E-state index < -0.39 is 0 Å². The quantitative estimate of drug-likeness (QED) is 0.158. The number of hydrogen-bond acceptors (Lipinski definition) is 0. The summed E-state index contributed by atoms with van der Waals surface area (Å²) in [6, 6.07) is 59.1. The van der Waals surface area contributed by atoms with Gasteiger partial charge >= 0.3 is 0 Å². The lowest BCUT2D eigenvalue weighted by Crippen LogP contribution is -1.97. The van der Waals surface area contributed by atoms with Crippen LogP contribution in [0.2, 0.25) is 0 Å². The van der Waals surface area contributed by atoms with Crippen molar-refractivity contribution < 1.29 is 0 Å². The third kappa shape index (κ3) is 2.83. The van der Waals surface area contributed by atoms with E-state index in [-0.39, 0.29) is 0 Å². The molecule has 0 fully saturated rings. The van der Waals surface area contributed by atoms with Gasteiger partial charge in [0.05, 0.1) is 33.1 Å². The number of rotatable bonds is 0. The monoisotopic (exact) mass is 630 g/mol. The molecule has 2 nitrogen and oxygen atoms in total. The predicted molar refractivity (Wildman–Crippen MR) is 211 cm³/mol. The van der Waals surface area contributed by atoms with Crippen molar-refractivity contribution in [2.75, 3.05) is 0 Å². The molecule has 0 atom stereocenters. The summed E-state index contributed by atoms with van der Waals surface area (Å²) in [5, 5.41) is 10.5. The van der Waals surface area contributed by atoms with E-state index >= 15 is 0 Å². The first-order valence-corrected chi connectivity index (χ1v) is 17.5. The number of benzene rings is 8. The van der Waals surface area contributed by atoms with Crippen molar-refractivity contribution in [3.8, 4) is 44.5 Å². The zero-order chi connectivity index (χ0) is 32.2. The maximum atomic E-state index is 2.61. The minimum atomic E-state index is 1.26. The lowest BCUT2D eigenvalue weighted by atomic mass is 9.80. The fourth-order valence-electron chi connectivity index (χ4n) is 9.80. The maximum absolute atomic E-state index is 2.61. The smallest absolute Gasteiger partial charge is 0.0642 e. The van der Waals surface area contributed by atoms with E-state index in [0.717, 1.165) is 0 Å². The fraction of sp³-hybridized carbons (Fsp3) is 0. The van der Waals surface area contributed by atoms with Crippen LogP contribution in [-0.2, 0) is 0 Å². The Morgan fingerprint density at radius 1 is 0.240 bits per heavy atom. The van der Waals surface area contributed by atoms with Gasteiger partial charge in [0.1, 0.15) is 0 Å². The molecule has 228 valence electrons. The van der Waals surface area contributed by atoms with Crippen LogP contribution in [0.15, 0.2) is 158 Å². The van der Waals surface area contributed by atoms with Crippen molar-refractivity contribution in [2.24, 2.45) is 0 Å². The molecular weight excluding hydrogens is 605 g/mol. The van der Waals surface area contributed by atoms with Crippen LogP contribution in [0.5, 0.6) is 0 Å². The van der Waals surface area contributed by atoms with E-state index in [2.05, 4.69) is 167 Å². The van der Waals surface area contributed by atoms with Gasteiger partial charge in [-0.15, -0.1) is 0 Å². The molecule has 0 radical (unpaired) electrons. The van der Waals surface area contributed by atoms with Crippen LogP contribution in [-0.4, -0.2) is 8.80 Å². The van der Waals surface area contributed by atoms with Crippen LogP contribution in [0.25, 0.3) is 121 Å². The Hall–Kier alpha value is -6.64. The second-order valence-electron chi connectivity index (χ2n) is 14.0. The number of fused-ring (bicyclic) bond motifs is 21. The Labute approximate surface area is 286 Å². The molecule has 12 aromatic rings. The SMILES string of the molecule is c1ccc2c(c1)-c1ccccc1-c1cc3c4cccc5c6cc7c8ccccc8n8c9ccccc9c(c78)c6n(c3cc1-c1ccccc1-2)c45. The van der Waals surface area contributed by atoms with Gasteiger partial charge in [0.2, 0.25) is 0 Å². The molecule has 0 amide bonds. The molecule has 13 rings (SSSR count). The highest BCUT2D eigenvalue weighted by atomic mass is 14.9. The standard InChI is InChI=1S/C48H26N2/c1-2-13-28-27(12-1)29-14-3-5-16-31(29)37-24-39-34-20-11-21-35-41-25-40-33-18-7-9-22-42(33)49-43-23-10-8-19-36(43)45(47(40)49)48(41)50(46(34)35)44(39)26-38(37)32-17-6-4-15-30(28)32/h1-26H. The highest BCUT2D eigenvalue weighted by molar-refractivity contribution is 6.36. The van der Waals surface area contributed by atoms with Crippen LogP contribution in [0, 0.1) is 0 Å². The van der Waals surface area contributed by atoms with Gasteiger partial charge in [-0.25, -0.2) is 0 Å². The molecule has 4 aromatic heterocycles. The molecule has 1 aliphatic rings. The summed E-state index contributed by atoms with van der Waals surface area (Å²) in [5.41, 5.74) is 17.9. The van der Waals surface area contributed by atoms with Gasteiger partial charge in [0, 0.05) is 43.1 Å². The molecule has 0 unspecified atom stereocenters. The van der Waals surface area contributed by atoms with Crippen molar-refractivity contribution in [2.45, 2.75) is 0 Å². The topological polar surface area (TPSA) is 8.82 Å². The summed E-state index contributed by atoms with van der Waals surface area (Å²) in [5.74, 6) is 0. The summed E-state index contributed by atoms with van der Waals surface area (Å²) in [4.78, 5) is 0. The molecule has 0 saturated carbocycles. The molecular formula is C48H26N2. The van der Waals surface area contributed by atoms with Crippen molar-refractivity contribution in [1.82, 2.24) is 8.80 Å². The van der Waals surface area contributed by atoms with E-state index in [4.69, 9.17) is 0 Å². The van der Waals surface area contributed by atoms with Gasteiger partial charge in [-0.2, -0.15) is 0 Å². The van der Waals surface area contributed by atoms with E-state index in [0.29, 0.717) is 0 Å². The first kappa shape index (κ1) is 25.4. The van der Waals surface area contributed by atoms with E-state index in [1.807, 2.05) is 0 Å². The van der Waals surface area contributed by atoms with Crippen molar-refractivity contribution in [3.63, 3.8) is 0 Å². The normalized spacial score (nSPS) is 12.8. The molecule has 4 heterocycles. The Morgan fingerprint density at radius 3 is 1.32 bits per heavy atom. The highest BCUT2D eigenvalue weighted by Gasteiger charge is 2.28. The molecule has 0 saturated heterocycles. The van der Waals surface area contributed by atoms with Gasteiger partial charge in [-0.05, 0) is 74.8 Å². The first-order valence-electron chi connectivity index (χ1n) is 17.5. The second kappa shape index (κ2) is 8.68. The van der Waals surface area contributed by atoms with Crippen LogP contribution in [0.1, 0.15) is 0 Å². The third-order valence-corrected chi connectivity index (χ3v) is 11.7. The van der Waals surface area contributed by atoms with Crippen LogP contribution in [0.4, 0.5) is 0 Å². The molecule has 8 aromatic carbocycles. The Morgan fingerprint density at radius 2 is 0.680 bits per heavy atom. The predicted octanol–water partition coefficient (Wildman–Crippen LogP) is 13.0. The van der Waals surface area contributed by atoms with Crippen molar-refractivity contribution >= 4 is 76.2 Å². The van der Waals surface area contributed by atoms with E-state index in [1.165, 1.54) is 121 Å². The van der Waals surface area contributed by atoms with Gasteiger partial charge in [-0.1, -0.05) is 127 Å². The lowest BCUT2D eigenvalue weighted by molar-refractivity contribution is 1.36. The van der Waals surface area contributed by atoms with Crippen LogP contribution < -0.4 is 0 Å². The average Bonchev–Trinajstić information content (AvgIpc) is 3.90. The van der Waals surface area contributed by atoms with Gasteiger partial charge in [-0.3, -0.25) is 0 Å². The molecule has 0 spiro atoms.